The van der Waals surface area contributed by atoms with Gasteiger partial charge < -0.3 is 0 Å². The van der Waals surface area contributed by atoms with Crippen LogP contribution in [0.1, 0.15) is 27.2 Å². The van der Waals surface area contributed by atoms with Crippen LogP contribution in [0.5, 0.6) is 0 Å². The molecular weight excluding hydrogens is 458 g/mol. The number of rotatable bonds is 11. The van der Waals surface area contributed by atoms with Crippen LogP contribution in [0.4, 0.5) is 0 Å². The van der Waals surface area contributed by atoms with E-state index in [0.717, 1.165) is 0 Å². The van der Waals surface area contributed by atoms with E-state index in [1.165, 1.54) is 4.46 Å². The molecule has 1 saturated carbocycles. The summed E-state index contributed by atoms with van der Waals surface area (Å²) >= 11 is 0.175. The molecule has 28 heavy (non-hydrogen) atoms. The molecule has 1 aliphatic carbocycles. The van der Waals surface area contributed by atoms with E-state index in [2.05, 4.69) is 43.9 Å². The fourth-order valence-electron chi connectivity index (χ4n) is 3.67. The molecule has 0 spiro atoms. The summed E-state index contributed by atoms with van der Waals surface area (Å²) in [4.78, 5) is 13.1. The average Bonchev–Trinajstić information content (AvgIpc) is 3.37. The SMILES string of the molecule is CCOC(=O)[C@@]1(P(=O)(OCC)OCC)C[C@H]1C([Se]c1ccccc1)[Si](C)(C)C. The van der Waals surface area contributed by atoms with Crippen molar-refractivity contribution in [1.82, 2.24) is 0 Å². The first-order chi connectivity index (χ1) is 13.2. The molecule has 8 heteroatoms. The Morgan fingerprint density at radius 1 is 1.14 bits per heavy atom. The van der Waals surface area contributed by atoms with E-state index in [1.807, 2.05) is 6.07 Å². The van der Waals surface area contributed by atoms with E-state index in [0.29, 0.717) is 10.9 Å². The monoisotopic (exact) mass is 492 g/mol. The van der Waals surface area contributed by atoms with Crippen LogP contribution in [0.15, 0.2) is 30.3 Å². The first-order valence-electron chi connectivity index (χ1n) is 9.94. The van der Waals surface area contributed by atoms with Crippen molar-refractivity contribution in [2.24, 2.45) is 5.92 Å². The molecule has 0 amide bonds. The molecule has 158 valence electrons. The molecule has 0 saturated heterocycles. The standard InChI is InChI=1S/C20H33O5PSeSi/c1-7-23-19(21)20(26(22,24-8-2)25-9-3)15-17(20)18(28(4,5)6)27-16-13-11-10-12-14-16/h10-14,17-18H,7-9,15H2,1-6H3/t17-,18?,20+/m0/s1. The van der Waals surface area contributed by atoms with Gasteiger partial charge in [0.15, 0.2) is 0 Å². The fraction of sp³-hybridized carbons (Fsp3) is 0.650. The number of benzene rings is 1. The number of hydrogen-bond acceptors (Lipinski definition) is 5. The molecule has 0 radical (unpaired) electrons. The Bertz CT molecular complexity index is 698. The first-order valence-corrected chi connectivity index (χ1v) is 16.9. The Balaban J connectivity index is 2.45. The number of ether oxygens (including phenoxy) is 1. The molecular formula is C20H33O5PSeSi. The summed E-state index contributed by atoms with van der Waals surface area (Å²) in [6.07, 6.45) is 0.520. The minimum atomic E-state index is -3.62. The molecule has 3 atom stereocenters. The second kappa shape index (κ2) is 9.59. The third kappa shape index (κ3) is 4.83. The van der Waals surface area contributed by atoms with Crippen molar-refractivity contribution >= 4 is 41.1 Å². The quantitative estimate of drug-likeness (QED) is 0.263. The minimum absolute atomic E-state index is 0.0256. The van der Waals surface area contributed by atoms with Crippen LogP contribution < -0.4 is 4.46 Å². The van der Waals surface area contributed by atoms with Crippen molar-refractivity contribution in [3.63, 3.8) is 0 Å². The van der Waals surface area contributed by atoms with E-state index in [1.54, 1.807) is 20.8 Å². The van der Waals surface area contributed by atoms with Crippen molar-refractivity contribution in [1.29, 1.82) is 0 Å². The van der Waals surface area contributed by atoms with Gasteiger partial charge in [0, 0.05) is 0 Å². The fourth-order valence-corrected chi connectivity index (χ4v) is 13.7. The zero-order valence-corrected chi connectivity index (χ0v) is 21.4. The zero-order chi connectivity index (χ0) is 21.0. The van der Waals surface area contributed by atoms with Crippen molar-refractivity contribution in [3.05, 3.63) is 30.3 Å². The molecule has 1 aromatic rings. The van der Waals surface area contributed by atoms with Crippen LogP contribution in [0.2, 0.25) is 24.1 Å². The number of hydrogen-bond donors (Lipinski definition) is 0. The van der Waals surface area contributed by atoms with E-state index < -0.39 is 26.8 Å². The Morgan fingerprint density at radius 2 is 1.71 bits per heavy atom. The van der Waals surface area contributed by atoms with Gasteiger partial charge in [-0.05, 0) is 0 Å². The summed E-state index contributed by atoms with van der Waals surface area (Å²) in [5.41, 5.74) is 0. The molecule has 1 aliphatic rings. The van der Waals surface area contributed by atoms with Gasteiger partial charge in [0.05, 0.1) is 0 Å². The number of carbonyl (C=O) groups is 1. The van der Waals surface area contributed by atoms with Crippen LogP contribution >= 0.6 is 7.60 Å². The normalized spacial score (nSPS) is 23.3. The van der Waals surface area contributed by atoms with Gasteiger partial charge in [0.2, 0.25) is 0 Å². The van der Waals surface area contributed by atoms with Crippen molar-refractivity contribution in [3.8, 4) is 0 Å². The summed E-state index contributed by atoms with van der Waals surface area (Å²) in [6, 6.07) is 10.4. The van der Waals surface area contributed by atoms with E-state index >= 15 is 0 Å². The summed E-state index contributed by atoms with van der Waals surface area (Å²) in [7, 11) is -5.29. The van der Waals surface area contributed by atoms with Gasteiger partial charge in [-0.15, -0.1) is 0 Å². The molecule has 1 unspecified atom stereocenters. The van der Waals surface area contributed by atoms with E-state index in [-0.39, 0.29) is 40.7 Å². The Labute approximate surface area is 176 Å². The molecule has 0 heterocycles. The zero-order valence-electron chi connectivity index (χ0n) is 17.8. The van der Waals surface area contributed by atoms with Crippen LogP contribution in [0.25, 0.3) is 0 Å². The van der Waals surface area contributed by atoms with Crippen molar-refractivity contribution < 1.29 is 23.1 Å². The average molecular weight is 491 g/mol. The molecule has 1 fully saturated rings. The van der Waals surface area contributed by atoms with Gasteiger partial charge in [-0.2, -0.15) is 0 Å². The van der Waals surface area contributed by atoms with Gasteiger partial charge >= 0.3 is 177 Å². The Hall–Kier alpha value is -0.424. The van der Waals surface area contributed by atoms with E-state index in [9.17, 15) is 9.36 Å². The Kier molecular flexibility index (Phi) is 8.17. The maximum absolute atomic E-state index is 13.8. The molecule has 0 bridgehead atoms. The summed E-state index contributed by atoms with van der Waals surface area (Å²) in [5.74, 6) is -0.445. The molecule has 5 nitrogen and oxygen atoms in total. The third-order valence-electron chi connectivity index (χ3n) is 4.93. The topological polar surface area (TPSA) is 61.8 Å². The second-order valence-electron chi connectivity index (χ2n) is 8.01. The third-order valence-corrected chi connectivity index (χ3v) is 17.3. The molecule has 0 aliphatic heterocycles. The molecule has 1 aromatic carbocycles. The van der Waals surface area contributed by atoms with E-state index in [4.69, 9.17) is 13.8 Å². The predicted octanol–water partition coefficient (Wildman–Crippen LogP) is 4.27. The van der Waals surface area contributed by atoms with Gasteiger partial charge in [0.25, 0.3) is 0 Å². The van der Waals surface area contributed by atoms with Gasteiger partial charge in [-0.25, -0.2) is 0 Å². The van der Waals surface area contributed by atoms with Crippen LogP contribution in [0, 0.1) is 5.92 Å². The van der Waals surface area contributed by atoms with Crippen LogP contribution in [-0.2, 0) is 23.1 Å². The van der Waals surface area contributed by atoms with Crippen LogP contribution in [0.3, 0.4) is 0 Å². The molecule has 0 N–H and O–H groups in total. The maximum atomic E-state index is 13.8. The molecule has 2 rings (SSSR count). The summed E-state index contributed by atoms with van der Waals surface area (Å²) < 4.78 is 32.1. The summed E-state index contributed by atoms with van der Waals surface area (Å²) in [6.45, 7) is 13.1. The number of esters is 1. The predicted molar refractivity (Wildman–Crippen MR) is 117 cm³/mol. The Morgan fingerprint density at radius 3 is 2.18 bits per heavy atom. The first kappa shape index (κ1) is 23.9. The van der Waals surface area contributed by atoms with Crippen molar-refractivity contribution in [2.75, 3.05) is 19.8 Å². The van der Waals surface area contributed by atoms with Gasteiger partial charge in [-0.3, -0.25) is 0 Å². The summed E-state index contributed by atoms with van der Waals surface area (Å²) in [5, 5.41) is -1.16. The van der Waals surface area contributed by atoms with Gasteiger partial charge in [-0.1, -0.05) is 0 Å². The number of carbonyl (C=O) groups excluding carboxylic acids is 1. The van der Waals surface area contributed by atoms with Crippen LogP contribution in [-0.4, -0.2) is 54.0 Å². The van der Waals surface area contributed by atoms with Crippen molar-refractivity contribution in [2.45, 2.75) is 56.4 Å². The molecule has 0 aromatic heterocycles. The second-order valence-corrected chi connectivity index (χ2v) is 19.2. The van der Waals surface area contributed by atoms with Gasteiger partial charge in [0.1, 0.15) is 0 Å².